The number of benzene rings is 1. The number of furan rings is 1. The molecule has 1 aliphatic carbocycles. The minimum atomic E-state index is -0.348. The molecule has 0 spiro atoms. The third-order valence-electron chi connectivity index (χ3n) is 4.67. The second kappa shape index (κ2) is 8.21. The summed E-state index contributed by atoms with van der Waals surface area (Å²) in [7, 11) is 0. The lowest BCUT2D eigenvalue weighted by molar-refractivity contribution is -0.122. The topological polar surface area (TPSA) is 68.7 Å². The van der Waals surface area contributed by atoms with Gasteiger partial charge in [0.15, 0.2) is 0 Å². The predicted octanol–water partition coefficient (Wildman–Crippen LogP) is 2.99. The fourth-order valence-electron chi connectivity index (χ4n) is 2.75. The third kappa shape index (κ3) is 5.36. The van der Waals surface area contributed by atoms with Crippen LogP contribution in [0.25, 0.3) is 0 Å². The molecule has 134 valence electrons. The standard InChI is InChI=1S/C20H26N2O3/c1-15(20(21)23)22(13-19-6-3-11-24-19)10-9-16-4-2-5-18(12-16)25-14-17-7-8-17/h2-6,11-12,15,17H,7-10,13-14H2,1H3,(H2,21,23). The molecule has 1 aromatic carbocycles. The van der Waals surface area contributed by atoms with E-state index in [0.717, 1.165) is 37.0 Å². The molecule has 1 amide bonds. The lowest BCUT2D eigenvalue weighted by Gasteiger charge is -2.26. The number of nitrogens with two attached hydrogens (primary N) is 1. The van der Waals surface area contributed by atoms with E-state index in [1.807, 2.05) is 36.1 Å². The van der Waals surface area contributed by atoms with Gasteiger partial charge in [-0.3, -0.25) is 9.69 Å². The van der Waals surface area contributed by atoms with E-state index in [1.165, 1.54) is 18.4 Å². The summed E-state index contributed by atoms with van der Waals surface area (Å²) in [6.45, 7) is 3.93. The Balaban J connectivity index is 1.59. The molecule has 0 aliphatic heterocycles. The van der Waals surface area contributed by atoms with E-state index in [9.17, 15) is 4.79 Å². The van der Waals surface area contributed by atoms with Crippen molar-refractivity contribution in [1.29, 1.82) is 0 Å². The molecule has 0 radical (unpaired) electrons. The molecule has 1 unspecified atom stereocenters. The number of nitrogens with zero attached hydrogens (tertiary/aromatic N) is 1. The second-order valence-corrected chi connectivity index (χ2v) is 6.78. The Morgan fingerprint density at radius 1 is 1.36 bits per heavy atom. The van der Waals surface area contributed by atoms with Crippen LogP contribution >= 0.6 is 0 Å². The quantitative estimate of drug-likeness (QED) is 0.721. The third-order valence-corrected chi connectivity index (χ3v) is 4.67. The molecule has 2 N–H and O–H groups in total. The van der Waals surface area contributed by atoms with Crippen LogP contribution in [0.2, 0.25) is 0 Å². The molecule has 0 bridgehead atoms. The van der Waals surface area contributed by atoms with Crippen LogP contribution in [-0.4, -0.2) is 30.0 Å². The monoisotopic (exact) mass is 342 g/mol. The van der Waals surface area contributed by atoms with E-state index in [4.69, 9.17) is 14.9 Å². The van der Waals surface area contributed by atoms with Crippen LogP contribution in [0.4, 0.5) is 0 Å². The Hall–Kier alpha value is -2.27. The van der Waals surface area contributed by atoms with E-state index >= 15 is 0 Å². The Morgan fingerprint density at radius 3 is 2.88 bits per heavy atom. The first kappa shape index (κ1) is 17.5. The van der Waals surface area contributed by atoms with Crippen LogP contribution in [-0.2, 0) is 17.8 Å². The van der Waals surface area contributed by atoms with Crippen molar-refractivity contribution in [3.8, 4) is 5.75 Å². The van der Waals surface area contributed by atoms with Crippen molar-refractivity contribution in [1.82, 2.24) is 4.90 Å². The Labute approximate surface area is 148 Å². The van der Waals surface area contributed by atoms with Crippen LogP contribution in [0.3, 0.4) is 0 Å². The smallest absolute Gasteiger partial charge is 0.234 e. The van der Waals surface area contributed by atoms with Gasteiger partial charge in [-0.2, -0.15) is 0 Å². The van der Waals surface area contributed by atoms with Crippen molar-refractivity contribution in [2.75, 3.05) is 13.2 Å². The van der Waals surface area contributed by atoms with E-state index in [2.05, 4.69) is 12.1 Å². The maximum Gasteiger partial charge on any atom is 0.234 e. The summed E-state index contributed by atoms with van der Waals surface area (Å²) in [6.07, 6.45) is 5.03. The Kier molecular flexibility index (Phi) is 5.76. The summed E-state index contributed by atoms with van der Waals surface area (Å²) >= 11 is 0. The fourth-order valence-corrected chi connectivity index (χ4v) is 2.75. The van der Waals surface area contributed by atoms with E-state index in [0.29, 0.717) is 6.54 Å². The van der Waals surface area contributed by atoms with Crippen molar-refractivity contribution in [2.24, 2.45) is 11.7 Å². The number of carbonyl (C=O) groups excluding carboxylic acids is 1. The van der Waals surface area contributed by atoms with Crippen molar-refractivity contribution < 1.29 is 13.9 Å². The van der Waals surface area contributed by atoms with Crippen LogP contribution in [0.1, 0.15) is 31.1 Å². The highest BCUT2D eigenvalue weighted by molar-refractivity contribution is 5.79. The van der Waals surface area contributed by atoms with Crippen molar-refractivity contribution >= 4 is 5.91 Å². The molecule has 0 saturated heterocycles. The van der Waals surface area contributed by atoms with E-state index in [-0.39, 0.29) is 11.9 Å². The van der Waals surface area contributed by atoms with Crippen LogP contribution in [0.5, 0.6) is 5.75 Å². The lowest BCUT2D eigenvalue weighted by atomic mass is 10.1. The zero-order valence-electron chi connectivity index (χ0n) is 14.7. The zero-order valence-corrected chi connectivity index (χ0v) is 14.7. The van der Waals surface area contributed by atoms with Crippen molar-refractivity contribution in [2.45, 2.75) is 38.8 Å². The first-order valence-electron chi connectivity index (χ1n) is 8.89. The second-order valence-electron chi connectivity index (χ2n) is 6.78. The van der Waals surface area contributed by atoms with Gasteiger partial charge in [0.1, 0.15) is 11.5 Å². The highest BCUT2D eigenvalue weighted by atomic mass is 16.5. The van der Waals surface area contributed by atoms with Gasteiger partial charge in [0.2, 0.25) is 5.91 Å². The van der Waals surface area contributed by atoms with Gasteiger partial charge in [0.05, 0.1) is 25.5 Å². The summed E-state index contributed by atoms with van der Waals surface area (Å²) < 4.78 is 11.3. The average molecular weight is 342 g/mol. The minimum Gasteiger partial charge on any atom is -0.493 e. The van der Waals surface area contributed by atoms with Gasteiger partial charge in [0, 0.05) is 6.54 Å². The number of carbonyl (C=O) groups is 1. The van der Waals surface area contributed by atoms with Crippen molar-refractivity contribution in [3.63, 3.8) is 0 Å². The Morgan fingerprint density at radius 2 is 2.20 bits per heavy atom. The van der Waals surface area contributed by atoms with Crippen LogP contribution in [0, 0.1) is 5.92 Å². The average Bonchev–Trinajstić information content (AvgIpc) is 3.31. The first-order valence-corrected chi connectivity index (χ1v) is 8.89. The molecule has 5 heteroatoms. The number of hydrogen-bond donors (Lipinski definition) is 1. The molecule has 1 fully saturated rings. The van der Waals surface area contributed by atoms with Gasteiger partial charge >= 0.3 is 0 Å². The molecule has 3 rings (SSSR count). The summed E-state index contributed by atoms with van der Waals surface area (Å²) in [6, 6.07) is 11.6. The molecule has 1 aliphatic rings. The molecule has 1 aromatic heterocycles. The fraction of sp³-hybridized carbons (Fsp3) is 0.450. The molecular weight excluding hydrogens is 316 g/mol. The number of primary amides is 1. The number of rotatable bonds is 10. The predicted molar refractivity (Wildman–Crippen MR) is 96.1 cm³/mol. The van der Waals surface area contributed by atoms with E-state index < -0.39 is 0 Å². The molecule has 1 saturated carbocycles. The highest BCUT2D eigenvalue weighted by Gasteiger charge is 2.22. The first-order chi connectivity index (χ1) is 12.1. The van der Waals surface area contributed by atoms with Gasteiger partial charge in [-0.15, -0.1) is 0 Å². The summed E-state index contributed by atoms with van der Waals surface area (Å²) in [5, 5.41) is 0. The highest BCUT2D eigenvalue weighted by Crippen LogP contribution is 2.29. The van der Waals surface area contributed by atoms with Gasteiger partial charge < -0.3 is 14.9 Å². The summed E-state index contributed by atoms with van der Waals surface area (Å²) in [5.74, 6) is 2.16. The Bertz CT molecular complexity index is 680. The minimum absolute atomic E-state index is 0.326. The lowest BCUT2D eigenvalue weighted by Crippen LogP contribution is -2.43. The molecule has 25 heavy (non-hydrogen) atoms. The van der Waals surface area contributed by atoms with Crippen molar-refractivity contribution in [3.05, 3.63) is 54.0 Å². The largest absolute Gasteiger partial charge is 0.493 e. The van der Waals surface area contributed by atoms with Gasteiger partial charge in [-0.1, -0.05) is 12.1 Å². The van der Waals surface area contributed by atoms with Crippen LogP contribution < -0.4 is 10.5 Å². The summed E-state index contributed by atoms with van der Waals surface area (Å²) in [4.78, 5) is 13.7. The van der Waals surface area contributed by atoms with Gasteiger partial charge in [-0.05, 0) is 61.9 Å². The summed E-state index contributed by atoms with van der Waals surface area (Å²) in [5.41, 5.74) is 6.69. The molecule has 1 heterocycles. The maximum absolute atomic E-state index is 11.6. The normalized spacial score (nSPS) is 15.3. The van der Waals surface area contributed by atoms with Gasteiger partial charge in [0.25, 0.3) is 0 Å². The number of hydrogen-bond acceptors (Lipinski definition) is 4. The van der Waals surface area contributed by atoms with Crippen LogP contribution in [0.15, 0.2) is 47.1 Å². The molecular formula is C20H26N2O3. The van der Waals surface area contributed by atoms with E-state index in [1.54, 1.807) is 6.26 Å². The number of amides is 1. The SMILES string of the molecule is CC(C(N)=O)N(CCc1cccc(OCC2CC2)c1)Cc1ccco1. The molecule has 1 atom stereocenters. The zero-order chi connectivity index (χ0) is 17.6. The maximum atomic E-state index is 11.6. The molecule has 2 aromatic rings. The number of ether oxygens (including phenoxy) is 1. The van der Waals surface area contributed by atoms with Gasteiger partial charge in [-0.25, -0.2) is 0 Å². The molecule has 5 nitrogen and oxygen atoms in total.